The maximum atomic E-state index is 3.37. The molecule has 0 aliphatic heterocycles. The van der Waals surface area contributed by atoms with E-state index in [0.29, 0.717) is 5.41 Å². The molecule has 0 atom stereocenters. The van der Waals surface area contributed by atoms with Crippen molar-refractivity contribution < 1.29 is 0 Å². The average Bonchev–Trinajstić information content (AvgIpc) is 2.70. The molecule has 0 spiro atoms. The molecule has 0 saturated carbocycles. The summed E-state index contributed by atoms with van der Waals surface area (Å²) in [5, 5.41) is 3.37. The summed E-state index contributed by atoms with van der Waals surface area (Å²) < 4.78 is 0. The van der Waals surface area contributed by atoms with Crippen molar-refractivity contribution in [3.8, 4) is 0 Å². The zero-order valence-corrected chi connectivity index (χ0v) is 9.18. The van der Waals surface area contributed by atoms with Crippen LogP contribution < -0.4 is 5.32 Å². The monoisotopic (exact) mass is 191 g/mol. The minimum atomic E-state index is 0.454. The molecule has 2 aliphatic rings. The Morgan fingerprint density at radius 2 is 2.07 bits per heavy atom. The van der Waals surface area contributed by atoms with Crippen LogP contribution in [0, 0.1) is 5.41 Å². The summed E-state index contributed by atoms with van der Waals surface area (Å²) in [5.41, 5.74) is 2.18. The second kappa shape index (κ2) is 4.31. The molecule has 0 bridgehead atoms. The number of hydrogen-bond acceptors (Lipinski definition) is 1. The molecule has 14 heavy (non-hydrogen) atoms. The van der Waals surface area contributed by atoms with E-state index in [2.05, 4.69) is 30.6 Å². The van der Waals surface area contributed by atoms with Crippen LogP contribution in [0.25, 0.3) is 0 Å². The number of allylic oxidation sites excluding steroid dienone is 3. The maximum Gasteiger partial charge on any atom is 0.0105 e. The summed E-state index contributed by atoms with van der Waals surface area (Å²) in [5.74, 6) is 0. The van der Waals surface area contributed by atoms with E-state index >= 15 is 0 Å². The fourth-order valence-corrected chi connectivity index (χ4v) is 2.88. The summed E-state index contributed by atoms with van der Waals surface area (Å²) in [4.78, 5) is 0. The molecule has 78 valence electrons. The molecule has 1 heteroatoms. The Morgan fingerprint density at radius 3 is 2.64 bits per heavy atom. The summed E-state index contributed by atoms with van der Waals surface area (Å²) in [6.07, 6.45) is 15.2. The lowest BCUT2D eigenvalue weighted by molar-refractivity contribution is 0.347. The SMILES string of the molecule is CNCC1(C2=CCCCC2)CC=CC1. The second-order valence-electron chi connectivity index (χ2n) is 4.67. The second-order valence-corrected chi connectivity index (χ2v) is 4.67. The number of rotatable bonds is 3. The van der Waals surface area contributed by atoms with Gasteiger partial charge in [0.1, 0.15) is 0 Å². The Bertz CT molecular complexity index is 242. The Kier molecular flexibility index (Phi) is 3.07. The average molecular weight is 191 g/mol. The third kappa shape index (κ3) is 1.78. The highest BCUT2D eigenvalue weighted by Gasteiger charge is 2.34. The molecule has 0 aromatic rings. The standard InChI is InChI=1S/C13H21N/c1-14-11-13(9-5-6-10-13)12-7-3-2-4-8-12/h5-7,14H,2-4,8-11H2,1H3. The van der Waals surface area contributed by atoms with Crippen molar-refractivity contribution in [3.05, 3.63) is 23.8 Å². The van der Waals surface area contributed by atoms with Crippen LogP contribution in [0.1, 0.15) is 38.5 Å². The van der Waals surface area contributed by atoms with Gasteiger partial charge in [0.05, 0.1) is 0 Å². The number of nitrogens with one attached hydrogen (secondary N) is 1. The van der Waals surface area contributed by atoms with Gasteiger partial charge in [-0.25, -0.2) is 0 Å². The van der Waals surface area contributed by atoms with E-state index in [1.54, 1.807) is 5.57 Å². The topological polar surface area (TPSA) is 12.0 Å². The van der Waals surface area contributed by atoms with Crippen molar-refractivity contribution in [2.24, 2.45) is 5.41 Å². The van der Waals surface area contributed by atoms with Crippen LogP contribution in [-0.2, 0) is 0 Å². The molecule has 2 aliphatic carbocycles. The quantitative estimate of drug-likeness (QED) is 0.676. The Labute approximate surface area is 87.3 Å². The van der Waals surface area contributed by atoms with Gasteiger partial charge in [-0.05, 0) is 45.6 Å². The van der Waals surface area contributed by atoms with Crippen LogP contribution in [0.5, 0.6) is 0 Å². The number of hydrogen-bond donors (Lipinski definition) is 1. The van der Waals surface area contributed by atoms with E-state index in [4.69, 9.17) is 0 Å². The van der Waals surface area contributed by atoms with E-state index < -0.39 is 0 Å². The normalized spacial score (nSPS) is 25.1. The van der Waals surface area contributed by atoms with Gasteiger partial charge in [-0.15, -0.1) is 0 Å². The highest BCUT2D eigenvalue weighted by molar-refractivity contribution is 5.24. The van der Waals surface area contributed by atoms with Crippen molar-refractivity contribution in [3.63, 3.8) is 0 Å². The molecule has 0 unspecified atom stereocenters. The van der Waals surface area contributed by atoms with Crippen LogP contribution in [0.2, 0.25) is 0 Å². The van der Waals surface area contributed by atoms with E-state index in [1.807, 2.05) is 0 Å². The molecule has 0 heterocycles. The van der Waals surface area contributed by atoms with Crippen LogP contribution in [0.15, 0.2) is 23.8 Å². The predicted molar refractivity (Wildman–Crippen MR) is 61.3 cm³/mol. The van der Waals surface area contributed by atoms with Gasteiger partial charge in [-0.3, -0.25) is 0 Å². The van der Waals surface area contributed by atoms with E-state index in [1.165, 1.54) is 38.5 Å². The first-order valence-corrected chi connectivity index (χ1v) is 5.86. The fourth-order valence-electron chi connectivity index (χ4n) is 2.88. The van der Waals surface area contributed by atoms with E-state index in [0.717, 1.165) is 6.54 Å². The minimum Gasteiger partial charge on any atom is -0.319 e. The first-order valence-electron chi connectivity index (χ1n) is 5.86. The van der Waals surface area contributed by atoms with Gasteiger partial charge in [0.25, 0.3) is 0 Å². The van der Waals surface area contributed by atoms with Gasteiger partial charge in [-0.2, -0.15) is 0 Å². The highest BCUT2D eigenvalue weighted by atomic mass is 14.8. The fraction of sp³-hybridized carbons (Fsp3) is 0.692. The molecule has 0 aromatic heterocycles. The van der Waals surface area contributed by atoms with Crippen LogP contribution in [0.3, 0.4) is 0 Å². The van der Waals surface area contributed by atoms with Crippen molar-refractivity contribution in [1.29, 1.82) is 0 Å². The molecule has 1 N–H and O–H groups in total. The Balaban J connectivity index is 2.13. The van der Waals surface area contributed by atoms with Crippen LogP contribution >= 0.6 is 0 Å². The highest BCUT2D eigenvalue weighted by Crippen LogP contribution is 2.43. The third-order valence-corrected chi connectivity index (χ3v) is 3.67. The molecule has 0 amide bonds. The molecule has 2 rings (SSSR count). The lowest BCUT2D eigenvalue weighted by atomic mass is 9.73. The van der Waals surface area contributed by atoms with Crippen molar-refractivity contribution in [2.45, 2.75) is 38.5 Å². The lowest BCUT2D eigenvalue weighted by Crippen LogP contribution is -2.32. The third-order valence-electron chi connectivity index (χ3n) is 3.67. The molecular weight excluding hydrogens is 170 g/mol. The van der Waals surface area contributed by atoms with Crippen molar-refractivity contribution in [2.75, 3.05) is 13.6 Å². The minimum absolute atomic E-state index is 0.454. The molecule has 0 radical (unpaired) electrons. The van der Waals surface area contributed by atoms with Crippen molar-refractivity contribution >= 4 is 0 Å². The summed E-state index contributed by atoms with van der Waals surface area (Å²) >= 11 is 0. The van der Waals surface area contributed by atoms with Gasteiger partial charge in [0.15, 0.2) is 0 Å². The maximum absolute atomic E-state index is 3.37. The van der Waals surface area contributed by atoms with Crippen LogP contribution in [0.4, 0.5) is 0 Å². The van der Waals surface area contributed by atoms with Crippen molar-refractivity contribution in [1.82, 2.24) is 5.32 Å². The van der Waals surface area contributed by atoms with Gasteiger partial charge in [-0.1, -0.05) is 23.8 Å². The molecule has 1 nitrogen and oxygen atoms in total. The first-order chi connectivity index (χ1) is 6.87. The lowest BCUT2D eigenvalue weighted by Gasteiger charge is -2.34. The molecule has 0 saturated heterocycles. The first kappa shape index (κ1) is 9.97. The molecular formula is C13H21N. The van der Waals surface area contributed by atoms with E-state index in [9.17, 15) is 0 Å². The Morgan fingerprint density at radius 1 is 1.29 bits per heavy atom. The predicted octanol–water partition coefficient (Wildman–Crippen LogP) is 3.04. The van der Waals surface area contributed by atoms with Crippen LogP contribution in [-0.4, -0.2) is 13.6 Å². The zero-order valence-electron chi connectivity index (χ0n) is 9.18. The smallest absolute Gasteiger partial charge is 0.0105 e. The summed E-state index contributed by atoms with van der Waals surface area (Å²) in [7, 11) is 2.07. The van der Waals surface area contributed by atoms with Gasteiger partial charge >= 0.3 is 0 Å². The largest absolute Gasteiger partial charge is 0.319 e. The zero-order chi connectivity index (χ0) is 9.86. The summed E-state index contributed by atoms with van der Waals surface area (Å²) in [6.45, 7) is 1.14. The van der Waals surface area contributed by atoms with Gasteiger partial charge in [0.2, 0.25) is 0 Å². The van der Waals surface area contributed by atoms with Gasteiger partial charge in [0, 0.05) is 12.0 Å². The van der Waals surface area contributed by atoms with E-state index in [-0.39, 0.29) is 0 Å². The molecule has 0 fully saturated rings. The van der Waals surface area contributed by atoms with Gasteiger partial charge < -0.3 is 5.32 Å². The summed E-state index contributed by atoms with van der Waals surface area (Å²) in [6, 6.07) is 0. The Hall–Kier alpha value is -0.560. The molecule has 0 aromatic carbocycles.